The normalized spacial score (nSPS) is 11.9. The van der Waals surface area contributed by atoms with Crippen molar-refractivity contribution in [3.05, 3.63) is 47.9 Å². The molecule has 0 saturated heterocycles. The highest BCUT2D eigenvalue weighted by Gasteiger charge is 2.23. The minimum absolute atomic E-state index is 0.0100. The second-order valence-corrected chi connectivity index (χ2v) is 10.5. The van der Waals surface area contributed by atoms with E-state index in [0.717, 1.165) is 12.3 Å². The average molecular weight is 506 g/mol. The number of hydrogen-bond acceptors (Lipinski definition) is 9. The molecule has 0 amide bonds. The summed E-state index contributed by atoms with van der Waals surface area (Å²) in [4.78, 5) is 8.72. The first-order valence-corrected chi connectivity index (χ1v) is 12.7. The van der Waals surface area contributed by atoms with Crippen LogP contribution in [0.2, 0.25) is 0 Å². The molecule has 182 valence electrons. The fourth-order valence-corrected chi connectivity index (χ4v) is 4.58. The maximum atomic E-state index is 14.6. The molecule has 3 heterocycles. The lowest BCUT2D eigenvalue weighted by molar-refractivity contribution is 0.548. The van der Waals surface area contributed by atoms with E-state index in [0.29, 0.717) is 38.8 Å². The van der Waals surface area contributed by atoms with E-state index in [1.54, 1.807) is 23.0 Å². The van der Waals surface area contributed by atoms with Crippen molar-refractivity contribution in [2.45, 2.75) is 24.8 Å². The average Bonchev–Trinajstić information content (AvgIpc) is 3.45. The van der Waals surface area contributed by atoms with Gasteiger partial charge < -0.3 is 11.1 Å². The number of aromatic amines is 1. The van der Waals surface area contributed by atoms with E-state index in [9.17, 15) is 18.1 Å². The predicted octanol–water partition coefficient (Wildman–Crippen LogP) is 3.69. The Labute approximate surface area is 204 Å². The molecule has 5 rings (SSSR count). The third kappa shape index (κ3) is 3.77. The maximum absolute atomic E-state index is 14.6. The number of halogens is 1. The van der Waals surface area contributed by atoms with E-state index >= 15 is 0 Å². The molecule has 0 aliphatic carbocycles. The van der Waals surface area contributed by atoms with Crippen LogP contribution in [0.25, 0.3) is 33.2 Å². The third-order valence-electron chi connectivity index (χ3n) is 5.67. The maximum Gasteiger partial charge on any atom is 0.231 e. The van der Waals surface area contributed by atoms with Crippen LogP contribution >= 0.6 is 0 Å². The van der Waals surface area contributed by atoms with Gasteiger partial charge in [-0.3, -0.25) is 5.10 Å². The van der Waals surface area contributed by atoms with Gasteiger partial charge in [0.05, 0.1) is 33.2 Å². The number of nitrogens with one attached hydrogen (secondary N) is 2. The number of anilines is 3. The molecule has 5 aromatic rings. The molecule has 11 nitrogen and oxygen atoms in total. The van der Waals surface area contributed by atoms with Crippen molar-refractivity contribution >= 4 is 49.2 Å². The Balaban J connectivity index is 1.66. The smallest absolute Gasteiger partial charge is 0.231 e. The number of rotatable bonds is 5. The number of H-pyrrole nitrogens is 1. The van der Waals surface area contributed by atoms with E-state index in [2.05, 4.69) is 31.6 Å². The van der Waals surface area contributed by atoms with Crippen LogP contribution in [0.4, 0.5) is 21.8 Å². The molecule has 36 heavy (non-hydrogen) atoms. The molecule has 0 unspecified atom stereocenters. The van der Waals surface area contributed by atoms with Crippen LogP contribution < -0.4 is 11.1 Å². The minimum Gasteiger partial charge on any atom is -0.383 e. The SMILES string of the molecule is CC(C)n1nc(-c2ccc(C#N)c3[nH]ncc23)c2c(N)nc(Nc3ccc(S(C)(=O)=O)cc3F)nc21. The molecule has 0 fully saturated rings. The molecule has 0 aliphatic heterocycles. The van der Waals surface area contributed by atoms with Gasteiger partial charge in [0.1, 0.15) is 23.4 Å². The Hall–Kier alpha value is -4.57. The van der Waals surface area contributed by atoms with Crippen LogP contribution in [-0.2, 0) is 9.84 Å². The van der Waals surface area contributed by atoms with Gasteiger partial charge in [-0.05, 0) is 38.1 Å². The van der Waals surface area contributed by atoms with Crippen molar-refractivity contribution in [3.8, 4) is 17.3 Å². The number of nitrogen functional groups attached to an aromatic ring is 1. The third-order valence-corrected chi connectivity index (χ3v) is 6.79. The summed E-state index contributed by atoms with van der Waals surface area (Å²) in [7, 11) is -3.56. The van der Waals surface area contributed by atoms with Crippen LogP contribution in [-0.4, -0.2) is 44.6 Å². The van der Waals surface area contributed by atoms with E-state index in [1.165, 1.54) is 12.1 Å². The lowest BCUT2D eigenvalue weighted by Gasteiger charge is -2.10. The second-order valence-electron chi connectivity index (χ2n) is 8.49. The van der Waals surface area contributed by atoms with Gasteiger partial charge in [-0.25, -0.2) is 17.5 Å². The minimum atomic E-state index is -3.56. The molecule has 0 spiro atoms. The Morgan fingerprint density at radius 1 is 1.22 bits per heavy atom. The monoisotopic (exact) mass is 505 g/mol. The largest absolute Gasteiger partial charge is 0.383 e. The van der Waals surface area contributed by atoms with Crippen LogP contribution in [0.15, 0.2) is 41.4 Å². The molecular weight excluding hydrogens is 485 g/mol. The van der Waals surface area contributed by atoms with E-state index in [4.69, 9.17) is 10.8 Å². The van der Waals surface area contributed by atoms with Gasteiger partial charge in [-0.1, -0.05) is 6.07 Å². The van der Waals surface area contributed by atoms with Crippen molar-refractivity contribution in [3.63, 3.8) is 0 Å². The summed E-state index contributed by atoms with van der Waals surface area (Å²) in [6.45, 7) is 3.86. The summed E-state index contributed by atoms with van der Waals surface area (Å²) < 4.78 is 39.7. The fraction of sp³-hybridized carbons (Fsp3) is 0.174. The van der Waals surface area contributed by atoms with Crippen LogP contribution in [0.3, 0.4) is 0 Å². The summed E-state index contributed by atoms with van der Waals surface area (Å²) in [5, 5.41) is 25.0. The zero-order chi connectivity index (χ0) is 25.8. The number of nitrogens with zero attached hydrogens (tertiary/aromatic N) is 6. The number of nitrogens with two attached hydrogens (primary N) is 1. The number of fused-ring (bicyclic) bond motifs is 2. The quantitative estimate of drug-likeness (QED) is 0.322. The predicted molar refractivity (Wildman–Crippen MR) is 133 cm³/mol. The molecule has 13 heteroatoms. The summed E-state index contributed by atoms with van der Waals surface area (Å²) in [5.74, 6) is -0.649. The number of nitriles is 1. The summed E-state index contributed by atoms with van der Waals surface area (Å²) >= 11 is 0. The summed E-state index contributed by atoms with van der Waals surface area (Å²) in [6.07, 6.45) is 2.62. The summed E-state index contributed by atoms with van der Waals surface area (Å²) in [5.41, 5.74) is 9.01. The number of aromatic nitrogens is 6. The standard InChI is InChI=1S/C23H20FN9O2S/c1-11(2)33-22-18(20(32-33)14-6-4-12(9-25)19-15(14)10-27-31-19)21(26)29-23(30-22)28-17-7-5-13(8-16(17)24)36(3,34)35/h4-8,10-11H,1-3H3,(H,27,31)(H3,26,28,29,30). The van der Waals surface area contributed by atoms with Gasteiger partial charge in [0.15, 0.2) is 15.5 Å². The molecular formula is C23H20FN9O2S. The molecule has 4 N–H and O–H groups in total. The first kappa shape index (κ1) is 23.2. The van der Waals surface area contributed by atoms with Crippen molar-refractivity contribution in [1.29, 1.82) is 5.26 Å². The number of sulfone groups is 1. The van der Waals surface area contributed by atoms with Gasteiger partial charge in [0.2, 0.25) is 5.95 Å². The van der Waals surface area contributed by atoms with Crippen molar-refractivity contribution in [2.75, 3.05) is 17.3 Å². The van der Waals surface area contributed by atoms with Gasteiger partial charge in [-0.15, -0.1) is 0 Å². The molecule has 0 atom stereocenters. The molecule has 0 radical (unpaired) electrons. The Morgan fingerprint density at radius 3 is 2.67 bits per heavy atom. The van der Waals surface area contributed by atoms with Gasteiger partial charge in [0, 0.05) is 23.2 Å². The first-order valence-electron chi connectivity index (χ1n) is 10.8. The zero-order valence-corrected chi connectivity index (χ0v) is 20.2. The second kappa shape index (κ2) is 8.28. The van der Waals surface area contributed by atoms with Crippen LogP contribution in [0.1, 0.15) is 25.5 Å². The lowest BCUT2D eigenvalue weighted by atomic mass is 10.0. The van der Waals surface area contributed by atoms with E-state index < -0.39 is 15.7 Å². The topological polar surface area (TPSA) is 168 Å². The van der Waals surface area contributed by atoms with Crippen LogP contribution in [0, 0.1) is 17.1 Å². The Morgan fingerprint density at radius 2 is 2.00 bits per heavy atom. The van der Waals surface area contributed by atoms with E-state index in [-0.39, 0.29) is 28.4 Å². The first-order chi connectivity index (χ1) is 17.1. The van der Waals surface area contributed by atoms with Gasteiger partial charge in [-0.2, -0.15) is 25.4 Å². The lowest BCUT2D eigenvalue weighted by Crippen LogP contribution is -2.07. The van der Waals surface area contributed by atoms with Crippen molar-refractivity contribution in [2.24, 2.45) is 0 Å². The molecule has 0 bridgehead atoms. The Bertz CT molecular complexity index is 1820. The fourth-order valence-electron chi connectivity index (χ4n) is 3.95. The van der Waals surface area contributed by atoms with E-state index in [1.807, 2.05) is 13.8 Å². The highest BCUT2D eigenvalue weighted by molar-refractivity contribution is 7.90. The highest BCUT2D eigenvalue weighted by Crippen LogP contribution is 2.37. The highest BCUT2D eigenvalue weighted by atomic mass is 32.2. The van der Waals surface area contributed by atoms with Crippen LogP contribution in [0.5, 0.6) is 0 Å². The van der Waals surface area contributed by atoms with Gasteiger partial charge >= 0.3 is 0 Å². The molecule has 2 aromatic carbocycles. The zero-order valence-electron chi connectivity index (χ0n) is 19.4. The molecule has 0 saturated carbocycles. The van der Waals surface area contributed by atoms with Crippen molar-refractivity contribution < 1.29 is 12.8 Å². The molecule has 0 aliphatic rings. The molecule has 3 aromatic heterocycles. The number of hydrogen-bond donors (Lipinski definition) is 3. The number of benzene rings is 2. The van der Waals surface area contributed by atoms with Gasteiger partial charge in [0.25, 0.3) is 0 Å². The van der Waals surface area contributed by atoms with Crippen molar-refractivity contribution in [1.82, 2.24) is 29.9 Å². The Kier molecular flexibility index (Phi) is 5.33. The summed E-state index contributed by atoms with van der Waals surface area (Å²) in [6, 6.07) is 8.99.